The van der Waals surface area contributed by atoms with Crippen LogP contribution in [-0.4, -0.2) is 20.1 Å². The van der Waals surface area contributed by atoms with E-state index in [-0.39, 0.29) is 0 Å². The van der Waals surface area contributed by atoms with Crippen LogP contribution >= 0.6 is 15.9 Å². The summed E-state index contributed by atoms with van der Waals surface area (Å²) in [5.74, 6) is 1.63. The van der Waals surface area contributed by atoms with Crippen molar-refractivity contribution < 1.29 is 0 Å². The minimum Gasteiger partial charge on any atom is -0.371 e. The van der Waals surface area contributed by atoms with Crippen molar-refractivity contribution in [3.8, 4) is 0 Å². The molecule has 2 rings (SSSR count). The van der Waals surface area contributed by atoms with Crippen molar-refractivity contribution in [2.45, 2.75) is 33.2 Å². The molecular formula is C16H25BrN2. The average Bonchev–Trinajstić information content (AvgIpc) is 2.41. The van der Waals surface area contributed by atoms with Crippen molar-refractivity contribution in [2.75, 3.05) is 25.0 Å². The Kier molecular flexibility index (Phi) is 4.91. The Morgan fingerprint density at radius 3 is 2.63 bits per heavy atom. The van der Waals surface area contributed by atoms with Gasteiger partial charge < -0.3 is 10.2 Å². The molecule has 1 fully saturated rings. The Morgan fingerprint density at radius 2 is 2.05 bits per heavy atom. The van der Waals surface area contributed by atoms with E-state index in [9.17, 15) is 0 Å². The van der Waals surface area contributed by atoms with Crippen molar-refractivity contribution in [3.05, 3.63) is 28.2 Å². The second kappa shape index (κ2) is 6.27. The molecule has 0 aliphatic carbocycles. The van der Waals surface area contributed by atoms with E-state index in [1.165, 1.54) is 35.2 Å². The molecular weight excluding hydrogens is 300 g/mol. The van der Waals surface area contributed by atoms with Crippen LogP contribution in [0.3, 0.4) is 0 Å². The van der Waals surface area contributed by atoms with Crippen LogP contribution < -0.4 is 10.2 Å². The molecule has 3 unspecified atom stereocenters. The Balaban J connectivity index is 2.16. The fourth-order valence-corrected chi connectivity index (χ4v) is 3.43. The van der Waals surface area contributed by atoms with Crippen molar-refractivity contribution in [2.24, 2.45) is 11.8 Å². The second-order valence-corrected chi connectivity index (χ2v) is 6.76. The van der Waals surface area contributed by atoms with Crippen LogP contribution in [0.15, 0.2) is 22.7 Å². The third kappa shape index (κ3) is 3.32. The van der Waals surface area contributed by atoms with Crippen LogP contribution in [0.2, 0.25) is 0 Å². The molecule has 1 aromatic rings. The molecule has 0 amide bonds. The van der Waals surface area contributed by atoms with Gasteiger partial charge in [-0.1, -0.05) is 35.8 Å². The lowest BCUT2D eigenvalue weighted by Crippen LogP contribution is -2.38. The maximum absolute atomic E-state index is 3.72. The molecule has 1 aromatic carbocycles. The molecule has 0 spiro atoms. The molecule has 0 aromatic heterocycles. The molecule has 3 atom stereocenters. The quantitative estimate of drug-likeness (QED) is 0.895. The van der Waals surface area contributed by atoms with E-state index in [1.54, 1.807) is 0 Å². The lowest BCUT2D eigenvalue weighted by Gasteiger charge is -2.37. The fourth-order valence-electron chi connectivity index (χ4n) is 2.72. The van der Waals surface area contributed by atoms with Crippen molar-refractivity contribution in [3.63, 3.8) is 0 Å². The van der Waals surface area contributed by atoms with Gasteiger partial charge in [0.2, 0.25) is 0 Å². The molecule has 0 saturated carbocycles. The average molecular weight is 325 g/mol. The Morgan fingerprint density at radius 1 is 1.32 bits per heavy atom. The number of rotatable bonds is 3. The first-order valence-electron chi connectivity index (χ1n) is 7.24. The maximum Gasteiger partial charge on any atom is 0.0377 e. The summed E-state index contributed by atoms with van der Waals surface area (Å²) in [7, 11) is 2.00. The first-order chi connectivity index (χ1) is 9.02. The van der Waals surface area contributed by atoms with Crippen LogP contribution in [0.25, 0.3) is 0 Å². The largest absolute Gasteiger partial charge is 0.371 e. The molecule has 1 aliphatic heterocycles. The van der Waals surface area contributed by atoms with Gasteiger partial charge in [0.1, 0.15) is 0 Å². The summed E-state index contributed by atoms with van der Waals surface area (Å²) in [6, 6.07) is 7.15. The van der Waals surface area contributed by atoms with Crippen LogP contribution in [0.5, 0.6) is 0 Å². The third-order valence-electron chi connectivity index (χ3n) is 4.58. The van der Waals surface area contributed by atoms with Crippen molar-refractivity contribution in [1.29, 1.82) is 0 Å². The monoisotopic (exact) mass is 324 g/mol. The van der Waals surface area contributed by atoms with Crippen LogP contribution in [0.4, 0.5) is 5.69 Å². The summed E-state index contributed by atoms with van der Waals surface area (Å²) in [6.07, 6.45) is 1.30. The summed E-state index contributed by atoms with van der Waals surface area (Å²) in [5, 5.41) is 3.29. The molecule has 0 bridgehead atoms. The normalized spacial score (nSPS) is 25.4. The third-order valence-corrected chi connectivity index (χ3v) is 5.27. The lowest BCUT2D eigenvalue weighted by molar-refractivity contribution is 0.324. The predicted molar refractivity (Wildman–Crippen MR) is 86.8 cm³/mol. The van der Waals surface area contributed by atoms with Gasteiger partial charge >= 0.3 is 0 Å². The van der Waals surface area contributed by atoms with E-state index >= 15 is 0 Å². The summed E-state index contributed by atoms with van der Waals surface area (Å²) in [6.45, 7) is 9.27. The van der Waals surface area contributed by atoms with Gasteiger partial charge in [0.25, 0.3) is 0 Å². The molecule has 106 valence electrons. The molecule has 3 heteroatoms. The molecule has 1 saturated heterocycles. The first kappa shape index (κ1) is 14.9. The number of nitrogens with zero attached hydrogens (tertiary/aromatic N) is 1. The molecule has 1 heterocycles. The number of halogens is 1. The fraction of sp³-hybridized carbons (Fsp3) is 0.625. The lowest BCUT2D eigenvalue weighted by atomic mass is 9.88. The SMILES string of the molecule is CNC(C)c1ccc(N2CCC(C)C(C)C2)cc1Br. The number of hydrogen-bond donors (Lipinski definition) is 1. The topological polar surface area (TPSA) is 15.3 Å². The minimum absolute atomic E-state index is 0.378. The zero-order valence-electron chi connectivity index (χ0n) is 12.4. The number of hydrogen-bond acceptors (Lipinski definition) is 2. The van der Waals surface area contributed by atoms with Crippen molar-refractivity contribution >= 4 is 21.6 Å². The Hall–Kier alpha value is -0.540. The Bertz CT molecular complexity index is 433. The summed E-state index contributed by atoms with van der Waals surface area (Å²) >= 11 is 3.72. The highest BCUT2D eigenvalue weighted by Gasteiger charge is 2.23. The summed E-state index contributed by atoms with van der Waals surface area (Å²) in [5.41, 5.74) is 2.67. The summed E-state index contributed by atoms with van der Waals surface area (Å²) in [4.78, 5) is 2.52. The van der Waals surface area contributed by atoms with E-state index < -0.39 is 0 Å². The van der Waals surface area contributed by atoms with Gasteiger partial charge in [-0.05, 0) is 49.9 Å². The van der Waals surface area contributed by atoms with E-state index in [2.05, 4.69) is 65.1 Å². The molecule has 19 heavy (non-hydrogen) atoms. The first-order valence-corrected chi connectivity index (χ1v) is 8.04. The van der Waals surface area contributed by atoms with Gasteiger partial charge in [0.15, 0.2) is 0 Å². The molecule has 1 aliphatic rings. The predicted octanol–water partition coefficient (Wildman–Crippen LogP) is 4.21. The standard InChI is InChI=1S/C16H25BrN2/c1-11-7-8-19(10-12(11)2)14-5-6-15(13(3)18-4)16(17)9-14/h5-6,9,11-13,18H,7-8,10H2,1-4H3. The van der Waals surface area contributed by atoms with Gasteiger partial charge in [-0.15, -0.1) is 0 Å². The number of benzene rings is 1. The van der Waals surface area contributed by atoms with Crippen molar-refractivity contribution in [1.82, 2.24) is 5.32 Å². The minimum atomic E-state index is 0.378. The smallest absolute Gasteiger partial charge is 0.0377 e. The van der Waals surface area contributed by atoms with Crippen LogP contribution in [0.1, 0.15) is 38.8 Å². The highest BCUT2D eigenvalue weighted by molar-refractivity contribution is 9.10. The van der Waals surface area contributed by atoms with Gasteiger partial charge in [0, 0.05) is 29.3 Å². The molecule has 2 nitrogen and oxygen atoms in total. The van der Waals surface area contributed by atoms with Crippen LogP contribution in [0, 0.1) is 11.8 Å². The molecule has 0 radical (unpaired) electrons. The zero-order chi connectivity index (χ0) is 14.0. The summed E-state index contributed by atoms with van der Waals surface area (Å²) < 4.78 is 1.21. The van der Waals surface area contributed by atoms with E-state index in [0.717, 1.165) is 11.8 Å². The van der Waals surface area contributed by atoms with Gasteiger partial charge in [0.05, 0.1) is 0 Å². The number of anilines is 1. The van der Waals surface area contributed by atoms with Crippen LogP contribution in [-0.2, 0) is 0 Å². The highest BCUT2D eigenvalue weighted by atomic mass is 79.9. The highest BCUT2D eigenvalue weighted by Crippen LogP contribution is 2.31. The number of nitrogens with one attached hydrogen (secondary N) is 1. The second-order valence-electron chi connectivity index (χ2n) is 5.91. The molecule has 1 N–H and O–H groups in total. The van der Waals surface area contributed by atoms with Gasteiger partial charge in [-0.25, -0.2) is 0 Å². The van der Waals surface area contributed by atoms with Gasteiger partial charge in [-0.2, -0.15) is 0 Å². The maximum atomic E-state index is 3.72. The zero-order valence-corrected chi connectivity index (χ0v) is 14.0. The van der Waals surface area contributed by atoms with E-state index in [0.29, 0.717) is 6.04 Å². The van der Waals surface area contributed by atoms with Gasteiger partial charge in [-0.3, -0.25) is 0 Å². The Labute approximate surface area is 125 Å². The van der Waals surface area contributed by atoms with E-state index in [1.807, 2.05) is 7.05 Å². The number of piperidine rings is 1. The van der Waals surface area contributed by atoms with E-state index in [4.69, 9.17) is 0 Å².